The average molecular weight is 376 g/mol. The highest BCUT2D eigenvalue weighted by atomic mass is 79.9. The molecule has 0 aromatic heterocycles. The van der Waals surface area contributed by atoms with E-state index in [0.29, 0.717) is 12.0 Å². The number of alkyl halides is 1. The van der Waals surface area contributed by atoms with E-state index in [1.165, 1.54) is 18.2 Å². The van der Waals surface area contributed by atoms with Crippen molar-refractivity contribution in [1.29, 1.82) is 0 Å². The molecule has 4 heteroatoms. The summed E-state index contributed by atoms with van der Waals surface area (Å²) in [4.78, 5) is -0.138. The topological polar surface area (TPSA) is 0 Å². The van der Waals surface area contributed by atoms with Gasteiger partial charge in [0.15, 0.2) is 0 Å². The molecule has 94 valence electrons. The Balaban J connectivity index is 2.18. The van der Waals surface area contributed by atoms with Gasteiger partial charge in [0.05, 0.1) is 0 Å². The van der Waals surface area contributed by atoms with E-state index in [0.717, 1.165) is 10.0 Å². The molecule has 2 rings (SSSR count). The van der Waals surface area contributed by atoms with Crippen LogP contribution < -0.4 is 0 Å². The van der Waals surface area contributed by atoms with Gasteiger partial charge >= 0.3 is 0 Å². The van der Waals surface area contributed by atoms with E-state index in [-0.39, 0.29) is 16.5 Å². The zero-order chi connectivity index (χ0) is 13.1. The third-order valence-corrected chi connectivity index (χ3v) is 3.93. The van der Waals surface area contributed by atoms with Gasteiger partial charge in [0.1, 0.15) is 11.6 Å². The van der Waals surface area contributed by atoms with E-state index in [1.54, 1.807) is 24.3 Å². The zero-order valence-corrected chi connectivity index (χ0v) is 12.5. The van der Waals surface area contributed by atoms with Gasteiger partial charge in [-0.1, -0.05) is 44.0 Å². The van der Waals surface area contributed by atoms with Crippen LogP contribution in [-0.2, 0) is 6.42 Å². The lowest BCUT2D eigenvalue weighted by Gasteiger charge is -2.12. The summed E-state index contributed by atoms with van der Waals surface area (Å²) in [6.07, 6.45) is 0.605. The summed E-state index contributed by atoms with van der Waals surface area (Å²) in [7, 11) is 0. The second-order valence-electron chi connectivity index (χ2n) is 3.96. The van der Waals surface area contributed by atoms with Gasteiger partial charge in [-0.15, -0.1) is 0 Å². The molecule has 0 amide bonds. The van der Waals surface area contributed by atoms with Crippen LogP contribution in [0.15, 0.2) is 46.9 Å². The summed E-state index contributed by atoms with van der Waals surface area (Å²) in [6.45, 7) is 0. The standard InChI is InChI=1S/C14H10Br2F2/c15-10-3-6-14(18)12(8-10)13(16)7-9-1-4-11(17)5-2-9/h1-6,8,13H,7H2. The molecule has 0 saturated heterocycles. The third-order valence-electron chi connectivity index (χ3n) is 2.62. The van der Waals surface area contributed by atoms with Crippen molar-refractivity contribution in [3.05, 3.63) is 69.7 Å². The molecule has 0 radical (unpaired) electrons. The van der Waals surface area contributed by atoms with Crippen LogP contribution in [0.3, 0.4) is 0 Å². The molecule has 2 aromatic rings. The molecule has 1 unspecified atom stereocenters. The van der Waals surface area contributed by atoms with Crippen LogP contribution >= 0.6 is 31.9 Å². The summed E-state index contributed by atoms with van der Waals surface area (Å²) in [5, 5.41) is 0. The Hall–Kier alpha value is -0.740. The first-order valence-corrected chi connectivity index (χ1v) is 7.10. The van der Waals surface area contributed by atoms with E-state index < -0.39 is 0 Å². The molecule has 0 heterocycles. The van der Waals surface area contributed by atoms with Gasteiger partial charge < -0.3 is 0 Å². The fraction of sp³-hybridized carbons (Fsp3) is 0.143. The summed E-state index contributed by atoms with van der Waals surface area (Å²) >= 11 is 6.79. The zero-order valence-electron chi connectivity index (χ0n) is 9.34. The molecular formula is C14H10Br2F2. The van der Waals surface area contributed by atoms with Crippen molar-refractivity contribution < 1.29 is 8.78 Å². The van der Waals surface area contributed by atoms with Gasteiger partial charge in [0, 0.05) is 14.9 Å². The third kappa shape index (κ3) is 3.39. The first-order chi connectivity index (χ1) is 8.56. The highest BCUT2D eigenvalue weighted by Crippen LogP contribution is 2.31. The van der Waals surface area contributed by atoms with Crippen molar-refractivity contribution in [2.75, 3.05) is 0 Å². The van der Waals surface area contributed by atoms with Gasteiger partial charge in [0.2, 0.25) is 0 Å². The molecule has 0 saturated carbocycles. The van der Waals surface area contributed by atoms with Crippen molar-refractivity contribution in [3.8, 4) is 0 Å². The Kier molecular flexibility index (Phi) is 4.51. The number of benzene rings is 2. The Labute approximate surface area is 121 Å². The fourth-order valence-electron chi connectivity index (χ4n) is 1.69. The van der Waals surface area contributed by atoms with Crippen LogP contribution in [0.1, 0.15) is 16.0 Å². The fourth-order valence-corrected chi connectivity index (χ4v) is 2.80. The molecule has 0 spiro atoms. The first kappa shape index (κ1) is 13.7. The van der Waals surface area contributed by atoms with Crippen LogP contribution in [0, 0.1) is 11.6 Å². The maximum Gasteiger partial charge on any atom is 0.127 e. The predicted octanol–water partition coefficient (Wildman–Crippen LogP) is 5.41. The molecule has 0 aliphatic heterocycles. The average Bonchev–Trinajstić information content (AvgIpc) is 2.35. The minimum atomic E-state index is -0.265. The van der Waals surface area contributed by atoms with Crippen molar-refractivity contribution in [3.63, 3.8) is 0 Å². The van der Waals surface area contributed by atoms with E-state index in [2.05, 4.69) is 31.9 Å². The van der Waals surface area contributed by atoms with Gasteiger partial charge in [-0.2, -0.15) is 0 Å². The lowest BCUT2D eigenvalue weighted by molar-refractivity contribution is 0.607. The van der Waals surface area contributed by atoms with E-state index in [4.69, 9.17) is 0 Å². The Morgan fingerprint density at radius 1 is 1.00 bits per heavy atom. The molecule has 0 nitrogen and oxygen atoms in total. The highest BCUT2D eigenvalue weighted by Gasteiger charge is 2.13. The SMILES string of the molecule is Fc1ccc(CC(Br)c2cc(Br)ccc2F)cc1. The maximum absolute atomic E-state index is 13.7. The Morgan fingerprint density at radius 3 is 2.33 bits per heavy atom. The van der Waals surface area contributed by atoms with Crippen molar-refractivity contribution >= 4 is 31.9 Å². The smallest absolute Gasteiger partial charge is 0.127 e. The number of hydrogen-bond donors (Lipinski definition) is 0. The number of rotatable bonds is 3. The van der Waals surface area contributed by atoms with Crippen LogP contribution in [-0.4, -0.2) is 0 Å². The maximum atomic E-state index is 13.7. The lowest BCUT2D eigenvalue weighted by atomic mass is 10.0. The summed E-state index contributed by atoms with van der Waals surface area (Å²) in [5.41, 5.74) is 1.55. The summed E-state index contributed by atoms with van der Waals surface area (Å²) < 4.78 is 27.3. The molecule has 0 N–H and O–H groups in total. The van der Waals surface area contributed by atoms with E-state index >= 15 is 0 Å². The number of hydrogen-bond acceptors (Lipinski definition) is 0. The second-order valence-corrected chi connectivity index (χ2v) is 5.98. The van der Waals surface area contributed by atoms with Gasteiger partial charge in [0.25, 0.3) is 0 Å². The molecule has 18 heavy (non-hydrogen) atoms. The Morgan fingerprint density at radius 2 is 1.67 bits per heavy atom. The summed E-state index contributed by atoms with van der Waals surface area (Å²) in [5.74, 6) is -0.513. The summed E-state index contributed by atoms with van der Waals surface area (Å²) in [6, 6.07) is 11.1. The van der Waals surface area contributed by atoms with Crippen molar-refractivity contribution in [2.45, 2.75) is 11.2 Å². The molecule has 0 aliphatic carbocycles. The van der Waals surface area contributed by atoms with Crippen LogP contribution in [0.25, 0.3) is 0 Å². The van der Waals surface area contributed by atoms with Crippen LogP contribution in [0.2, 0.25) is 0 Å². The van der Waals surface area contributed by atoms with Crippen molar-refractivity contribution in [2.24, 2.45) is 0 Å². The first-order valence-electron chi connectivity index (χ1n) is 5.40. The molecular weight excluding hydrogens is 366 g/mol. The molecule has 0 bridgehead atoms. The molecule has 1 atom stereocenters. The lowest BCUT2D eigenvalue weighted by Crippen LogP contribution is -1.98. The van der Waals surface area contributed by atoms with Crippen molar-refractivity contribution in [1.82, 2.24) is 0 Å². The normalized spacial score (nSPS) is 12.4. The minimum absolute atomic E-state index is 0.138. The minimum Gasteiger partial charge on any atom is -0.207 e. The largest absolute Gasteiger partial charge is 0.207 e. The second kappa shape index (κ2) is 5.93. The van der Waals surface area contributed by atoms with E-state index in [9.17, 15) is 8.78 Å². The molecule has 0 fully saturated rings. The highest BCUT2D eigenvalue weighted by molar-refractivity contribution is 9.10. The molecule has 2 aromatic carbocycles. The predicted molar refractivity (Wildman–Crippen MR) is 75.9 cm³/mol. The molecule has 0 aliphatic rings. The van der Waals surface area contributed by atoms with Crippen LogP contribution in [0.5, 0.6) is 0 Å². The Bertz CT molecular complexity index is 538. The van der Waals surface area contributed by atoms with Gasteiger partial charge in [-0.3, -0.25) is 0 Å². The van der Waals surface area contributed by atoms with Gasteiger partial charge in [-0.25, -0.2) is 8.78 Å². The van der Waals surface area contributed by atoms with E-state index in [1.807, 2.05) is 0 Å². The monoisotopic (exact) mass is 374 g/mol. The quantitative estimate of drug-likeness (QED) is 0.629. The van der Waals surface area contributed by atoms with Crippen LogP contribution in [0.4, 0.5) is 8.78 Å². The van der Waals surface area contributed by atoms with Gasteiger partial charge in [-0.05, 0) is 42.3 Å². The number of halogens is 4.